The van der Waals surface area contributed by atoms with Crippen LogP contribution in [0.3, 0.4) is 0 Å². The summed E-state index contributed by atoms with van der Waals surface area (Å²) in [5, 5.41) is 8.21. The summed E-state index contributed by atoms with van der Waals surface area (Å²) < 4.78 is 0. The van der Waals surface area contributed by atoms with E-state index in [1.54, 1.807) is 12.3 Å². The van der Waals surface area contributed by atoms with Gasteiger partial charge in [-0.1, -0.05) is 11.6 Å². The Morgan fingerprint density at radius 3 is 2.30 bits per heavy atom. The standard InChI is InChI=1S/C19H16ClN7/c20-11-1-6-14-15(7-8-23-16(14)9-11)24-12-2-4-13(5-3-12)25-18-10-17(21)26-19(22)27-18/h1-10H,(H,23,24)(H5,21,22,25,26,27). The van der Waals surface area contributed by atoms with Crippen LogP contribution >= 0.6 is 11.6 Å². The zero-order valence-electron chi connectivity index (χ0n) is 14.1. The first-order chi connectivity index (χ1) is 13.1. The molecular formula is C19H16ClN7. The second-order valence-corrected chi connectivity index (χ2v) is 6.32. The maximum absolute atomic E-state index is 6.04. The Hall–Kier alpha value is -3.58. The smallest absolute Gasteiger partial charge is 0.223 e. The molecule has 2 aromatic heterocycles. The van der Waals surface area contributed by atoms with Crippen molar-refractivity contribution in [1.82, 2.24) is 15.0 Å². The molecule has 0 bridgehead atoms. The van der Waals surface area contributed by atoms with Crippen LogP contribution in [0.5, 0.6) is 0 Å². The monoisotopic (exact) mass is 377 g/mol. The maximum Gasteiger partial charge on any atom is 0.223 e. The molecule has 2 aromatic carbocycles. The van der Waals surface area contributed by atoms with E-state index < -0.39 is 0 Å². The molecule has 6 N–H and O–H groups in total. The van der Waals surface area contributed by atoms with Gasteiger partial charge in [0.05, 0.1) is 5.52 Å². The minimum Gasteiger partial charge on any atom is -0.383 e. The minimum atomic E-state index is 0.125. The van der Waals surface area contributed by atoms with Gasteiger partial charge >= 0.3 is 0 Å². The van der Waals surface area contributed by atoms with E-state index >= 15 is 0 Å². The molecule has 2 heterocycles. The number of nitrogens with one attached hydrogen (secondary N) is 2. The largest absolute Gasteiger partial charge is 0.383 e. The Morgan fingerprint density at radius 1 is 0.815 bits per heavy atom. The molecule has 134 valence electrons. The zero-order chi connectivity index (χ0) is 18.8. The fourth-order valence-corrected chi connectivity index (χ4v) is 2.89. The minimum absolute atomic E-state index is 0.125. The molecular weight excluding hydrogens is 362 g/mol. The highest BCUT2D eigenvalue weighted by atomic mass is 35.5. The number of fused-ring (bicyclic) bond motifs is 1. The highest BCUT2D eigenvalue weighted by Crippen LogP contribution is 2.28. The average Bonchev–Trinajstić information content (AvgIpc) is 2.62. The predicted molar refractivity (Wildman–Crippen MR) is 111 cm³/mol. The van der Waals surface area contributed by atoms with Crippen molar-refractivity contribution >= 4 is 57.2 Å². The van der Waals surface area contributed by atoms with Gasteiger partial charge in [0.15, 0.2) is 0 Å². The second-order valence-electron chi connectivity index (χ2n) is 5.88. The molecule has 0 aliphatic heterocycles. The molecule has 0 fully saturated rings. The predicted octanol–water partition coefficient (Wildman–Crippen LogP) is 4.33. The summed E-state index contributed by atoms with van der Waals surface area (Å²) in [5.74, 6) is 0.978. The number of halogens is 1. The number of pyridine rings is 1. The fourth-order valence-electron chi connectivity index (χ4n) is 2.72. The van der Waals surface area contributed by atoms with E-state index in [2.05, 4.69) is 25.6 Å². The number of nitrogen functional groups attached to an aromatic ring is 2. The summed E-state index contributed by atoms with van der Waals surface area (Å²) >= 11 is 6.04. The number of hydrogen-bond donors (Lipinski definition) is 4. The first-order valence-electron chi connectivity index (χ1n) is 8.15. The van der Waals surface area contributed by atoms with Crippen LogP contribution in [0.1, 0.15) is 0 Å². The van der Waals surface area contributed by atoms with Crippen molar-refractivity contribution in [3.63, 3.8) is 0 Å². The average molecular weight is 378 g/mol. The summed E-state index contributed by atoms with van der Waals surface area (Å²) in [5.41, 5.74) is 14.9. The number of hydrogen-bond acceptors (Lipinski definition) is 7. The third kappa shape index (κ3) is 3.83. The van der Waals surface area contributed by atoms with Crippen LogP contribution in [-0.4, -0.2) is 15.0 Å². The third-order valence-corrected chi connectivity index (χ3v) is 4.14. The van der Waals surface area contributed by atoms with Gasteiger partial charge in [0, 0.05) is 39.7 Å². The van der Waals surface area contributed by atoms with Gasteiger partial charge in [-0.05, 0) is 48.5 Å². The van der Waals surface area contributed by atoms with Crippen LogP contribution in [-0.2, 0) is 0 Å². The topological polar surface area (TPSA) is 115 Å². The Labute approximate surface area is 160 Å². The van der Waals surface area contributed by atoms with Crippen molar-refractivity contribution in [3.05, 3.63) is 65.8 Å². The highest BCUT2D eigenvalue weighted by molar-refractivity contribution is 6.31. The van der Waals surface area contributed by atoms with Crippen LogP contribution in [0.4, 0.5) is 34.6 Å². The van der Waals surface area contributed by atoms with E-state index in [1.807, 2.05) is 48.5 Å². The highest BCUT2D eigenvalue weighted by Gasteiger charge is 2.04. The van der Waals surface area contributed by atoms with Gasteiger partial charge in [-0.25, -0.2) is 0 Å². The number of nitrogens with zero attached hydrogens (tertiary/aromatic N) is 3. The Morgan fingerprint density at radius 2 is 1.56 bits per heavy atom. The van der Waals surface area contributed by atoms with Crippen LogP contribution in [0.2, 0.25) is 5.02 Å². The van der Waals surface area contributed by atoms with Crippen molar-refractivity contribution in [2.75, 3.05) is 22.1 Å². The molecule has 4 aromatic rings. The molecule has 0 atom stereocenters. The molecule has 7 nitrogen and oxygen atoms in total. The summed E-state index contributed by atoms with van der Waals surface area (Å²) in [4.78, 5) is 12.3. The van der Waals surface area contributed by atoms with Crippen molar-refractivity contribution in [1.29, 1.82) is 0 Å². The second kappa shape index (κ2) is 6.97. The normalized spacial score (nSPS) is 10.7. The van der Waals surface area contributed by atoms with Crippen molar-refractivity contribution in [2.45, 2.75) is 0 Å². The fraction of sp³-hybridized carbons (Fsp3) is 0. The zero-order valence-corrected chi connectivity index (χ0v) is 14.9. The van der Waals surface area contributed by atoms with E-state index in [1.165, 1.54) is 0 Å². The van der Waals surface area contributed by atoms with Crippen LogP contribution in [0.25, 0.3) is 10.9 Å². The Balaban J connectivity index is 1.54. The molecule has 27 heavy (non-hydrogen) atoms. The van der Waals surface area contributed by atoms with Crippen molar-refractivity contribution in [3.8, 4) is 0 Å². The first-order valence-corrected chi connectivity index (χ1v) is 8.53. The van der Waals surface area contributed by atoms with Crippen LogP contribution < -0.4 is 22.1 Å². The van der Waals surface area contributed by atoms with Gasteiger partial charge in [0.1, 0.15) is 11.6 Å². The molecule has 0 amide bonds. The molecule has 0 unspecified atom stereocenters. The molecule has 8 heteroatoms. The van der Waals surface area contributed by atoms with E-state index in [4.69, 9.17) is 23.1 Å². The van der Waals surface area contributed by atoms with E-state index in [0.717, 1.165) is 28.0 Å². The van der Waals surface area contributed by atoms with E-state index in [0.29, 0.717) is 16.7 Å². The lowest BCUT2D eigenvalue weighted by Crippen LogP contribution is -2.03. The van der Waals surface area contributed by atoms with Gasteiger partial charge in [-0.15, -0.1) is 0 Å². The lowest BCUT2D eigenvalue weighted by molar-refractivity contribution is 1.19. The summed E-state index contributed by atoms with van der Waals surface area (Å²) in [6, 6.07) is 17.0. The van der Waals surface area contributed by atoms with Gasteiger partial charge in [-0.2, -0.15) is 9.97 Å². The van der Waals surface area contributed by atoms with Crippen LogP contribution in [0.15, 0.2) is 60.8 Å². The SMILES string of the molecule is Nc1cc(Nc2ccc(Nc3ccnc4cc(Cl)ccc34)cc2)nc(N)n1. The van der Waals surface area contributed by atoms with Crippen molar-refractivity contribution < 1.29 is 0 Å². The summed E-state index contributed by atoms with van der Waals surface area (Å²) in [6.45, 7) is 0. The number of aromatic nitrogens is 3. The first kappa shape index (κ1) is 16.9. The van der Waals surface area contributed by atoms with Gasteiger partial charge < -0.3 is 22.1 Å². The van der Waals surface area contributed by atoms with Gasteiger partial charge in [0.2, 0.25) is 5.95 Å². The van der Waals surface area contributed by atoms with E-state index in [9.17, 15) is 0 Å². The number of rotatable bonds is 4. The molecule has 0 radical (unpaired) electrons. The van der Waals surface area contributed by atoms with Gasteiger partial charge in [0.25, 0.3) is 0 Å². The molecule has 0 saturated heterocycles. The Kier molecular flexibility index (Phi) is 4.35. The molecule has 0 aliphatic rings. The van der Waals surface area contributed by atoms with Gasteiger partial charge in [-0.3, -0.25) is 4.98 Å². The van der Waals surface area contributed by atoms with Crippen molar-refractivity contribution in [2.24, 2.45) is 0 Å². The molecule has 4 rings (SSSR count). The van der Waals surface area contributed by atoms with Crippen LogP contribution in [0, 0.1) is 0 Å². The third-order valence-electron chi connectivity index (χ3n) is 3.90. The summed E-state index contributed by atoms with van der Waals surface area (Å²) in [7, 11) is 0. The number of benzene rings is 2. The number of anilines is 6. The lowest BCUT2D eigenvalue weighted by Gasteiger charge is -2.11. The molecule has 0 saturated carbocycles. The quantitative estimate of drug-likeness (QED) is 0.418. The molecule has 0 aliphatic carbocycles. The number of nitrogens with two attached hydrogens (primary N) is 2. The Bertz CT molecular complexity index is 1090. The summed E-state index contributed by atoms with van der Waals surface area (Å²) in [6.07, 6.45) is 1.75. The maximum atomic E-state index is 6.04. The lowest BCUT2D eigenvalue weighted by atomic mass is 10.2. The van der Waals surface area contributed by atoms with E-state index in [-0.39, 0.29) is 5.95 Å². The molecule has 0 spiro atoms.